The van der Waals surface area contributed by atoms with Gasteiger partial charge in [0, 0.05) is 45.5 Å². The molecule has 2 fully saturated rings. The van der Waals surface area contributed by atoms with Crippen molar-refractivity contribution in [3.63, 3.8) is 0 Å². The molecule has 2 saturated carbocycles. The van der Waals surface area contributed by atoms with Crippen LogP contribution in [0, 0.1) is 59.2 Å². The maximum Gasteiger partial charge on any atom is 0.0499 e. The zero-order chi connectivity index (χ0) is 19.5. The van der Waals surface area contributed by atoms with E-state index in [1.165, 1.54) is 32.1 Å². The van der Waals surface area contributed by atoms with Gasteiger partial charge >= 0.3 is 0 Å². The highest BCUT2D eigenvalue weighted by molar-refractivity contribution is 5.08. The average molecular weight is 373 g/mol. The van der Waals surface area contributed by atoms with Crippen molar-refractivity contribution in [3.8, 4) is 23.7 Å². The third-order valence-corrected chi connectivity index (χ3v) is 6.40. The number of hydrogen-bond acceptors (Lipinski definition) is 2. The molecule has 2 nitrogen and oxygen atoms in total. The first-order valence-corrected chi connectivity index (χ1v) is 11.4. The number of rotatable bonds is 4. The molecule has 2 unspecified atom stereocenters. The van der Waals surface area contributed by atoms with Crippen molar-refractivity contribution >= 4 is 0 Å². The number of hydrogen-bond donors (Lipinski definition) is 1. The SMILES string of the molecule is CCC.CCOCC1[C@H]2CCC#CCC[C@@H]12.OCC1[C@H]2CCC#CCC[C@@H]12. The van der Waals surface area contributed by atoms with Crippen LogP contribution in [0.25, 0.3) is 0 Å². The van der Waals surface area contributed by atoms with Gasteiger partial charge in [-0.3, -0.25) is 0 Å². The molecule has 4 aliphatic rings. The van der Waals surface area contributed by atoms with E-state index in [9.17, 15) is 0 Å². The Balaban J connectivity index is 0.000000171. The number of ether oxygens (including phenoxy) is 1. The molecule has 0 aromatic carbocycles. The van der Waals surface area contributed by atoms with Crippen LogP contribution in [0.1, 0.15) is 78.6 Å². The van der Waals surface area contributed by atoms with Crippen LogP contribution in [0.2, 0.25) is 0 Å². The second kappa shape index (κ2) is 12.5. The second-order valence-electron chi connectivity index (χ2n) is 8.39. The predicted octanol–water partition coefficient (Wildman–Crippen LogP) is 5.30. The smallest absolute Gasteiger partial charge is 0.0499 e. The summed E-state index contributed by atoms with van der Waals surface area (Å²) in [5, 5.41) is 8.98. The van der Waals surface area contributed by atoms with Crippen LogP contribution in [-0.4, -0.2) is 24.9 Å². The fourth-order valence-corrected chi connectivity index (χ4v) is 4.84. The van der Waals surface area contributed by atoms with Gasteiger partial charge in [-0.15, -0.1) is 23.7 Å². The van der Waals surface area contributed by atoms with E-state index in [0.29, 0.717) is 12.5 Å². The molecule has 0 aromatic heterocycles. The Kier molecular flexibility index (Phi) is 10.3. The maximum atomic E-state index is 8.98. The molecule has 27 heavy (non-hydrogen) atoms. The minimum absolute atomic E-state index is 0.398. The van der Waals surface area contributed by atoms with Gasteiger partial charge in [0.05, 0.1) is 0 Å². The summed E-state index contributed by atoms with van der Waals surface area (Å²) in [5.74, 6) is 17.8. The molecule has 1 N–H and O–H groups in total. The van der Waals surface area contributed by atoms with Crippen molar-refractivity contribution in [2.45, 2.75) is 78.6 Å². The van der Waals surface area contributed by atoms with Gasteiger partial charge in [0.25, 0.3) is 0 Å². The zero-order valence-corrected chi connectivity index (χ0v) is 17.8. The Labute approximate surface area is 167 Å². The van der Waals surface area contributed by atoms with Gasteiger partial charge in [0.15, 0.2) is 0 Å². The fourth-order valence-electron chi connectivity index (χ4n) is 4.84. The second-order valence-corrected chi connectivity index (χ2v) is 8.39. The van der Waals surface area contributed by atoms with E-state index in [4.69, 9.17) is 9.84 Å². The van der Waals surface area contributed by atoms with Crippen LogP contribution in [0.4, 0.5) is 0 Å². The Morgan fingerprint density at radius 1 is 0.704 bits per heavy atom. The molecular weight excluding hydrogens is 332 g/mol. The Morgan fingerprint density at radius 2 is 1.07 bits per heavy atom. The van der Waals surface area contributed by atoms with Gasteiger partial charge in [-0.2, -0.15) is 0 Å². The van der Waals surface area contributed by atoms with Crippen LogP contribution < -0.4 is 0 Å². The number of aliphatic hydroxyl groups excluding tert-OH is 1. The van der Waals surface area contributed by atoms with Gasteiger partial charge in [0.2, 0.25) is 0 Å². The predicted molar refractivity (Wildman–Crippen MR) is 113 cm³/mol. The molecule has 152 valence electrons. The normalized spacial score (nSPS) is 35.0. The summed E-state index contributed by atoms with van der Waals surface area (Å²) in [5.41, 5.74) is 0. The van der Waals surface area contributed by atoms with Crippen molar-refractivity contribution < 1.29 is 9.84 Å². The third kappa shape index (κ3) is 7.18. The summed E-state index contributed by atoms with van der Waals surface area (Å²) >= 11 is 0. The van der Waals surface area contributed by atoms with E-state index in [0.717, 1.165) is 68.5 Å². The van der Waals surface area contributed by atoms with Crippen molar-refractivity contribution in [3.05, 3.63) is 0 Å². The first-order valence-electron chi connectivity index (χ1n) is 11.4. The van der Waals surface area contributed by atoms with Gasteiger partial charge in [-0.05, 0) is 68.1 Å². The molecule has 0 heterocycles. The van der Waals surface area contributed by atoms with E-state index in [1.54, 1.807) is 0 Å². The Bertz CT molecular complexity index is 496. The van der Waals surface area contributed by atoms with Gasteiger partial charge in [0.1, 0.15) is 0 Å². The lowest BCUT2D eigenvalue weighted by molar-refractivity contribution is 0.130. The van der Waals surface area contributed by atoms with Crippen LogP contribution in [0.15, 0.2) is 0 Å². The van der Waals surface area contributed by atoms with Gasteiger partial charge in [-0.25, -0.2) is 0 Å². The largest absolute Gasteiger partial charge is 0.396 e. The first-order chi connectivity index (χ1) is 13.3. The van der Waals surface area contributed by atoms with E-state index in [2.05, 4.69) is 44.5 Å². The summed E-state index contributed by atoms with van der Waals surface area (Å²) < 4.78 is 5.49. The molecular formula is C25H40O2. The van der Waals surface area contributed by atoms with Crippen molar-refractivity contribution in [2.24, 2.45) is 35.5 Å². The minimum Gasteiger partial charge on any atom is -0.396 e. The lowest BCUT2D eigenvalue weighted by Gasteiger charge is -1.98. The molecule has 0 aromatic rings. The van der Waals surface area contributed by atoms with E-state index < -0.39 is 0 Å². The van der Waals surface area contributed by atoms with Crippen LogP contribution in [-0.2, 0) is 4.74 Å². The van der Waals surface area contributed by atoms with Crippen molar-refractivity contribution in [1.82, 2.24) is 0 Å². The molecule has 6 atom stereocenters. The van der Waals surface area contributed by atoms with Gasteiger partial charge < -0.3 is 9.84 Å². The average Bonchev–Trinajstić information content (AvgIpc) is 3.48. The molecule has 0 amide bonds. The lowest BCUT2D eigenvalue weighted by atomic mass is 10.1. The number of fused-ring (bicyclic) bond motifs is 2. The molecule has 2 heteroatoms. The van der Waals surface area contributed by atoms with Gasteiger partial charge in [-0.1, -0.05) is 20.3 Å². The summed E-state index contributed by atoms with van der Waals surface area (Å²) in [7, 11) is 0. The molecule has 0 saturated heterocycles. The fraction of sp³-hybridized carbons (Fsp3) is 0.840. The van der Waals surface area contributed by atoms with E-state index in [-0.39, 0.29) is 0 Å². The molecule has 4 rings (SSSR count). The highest BCUT2D eigenvalue weighted by Crippen LogP contribution is 2.52. The number of aliphatic hydroxyl groups is 1. The monoisotopic (exact) mass is 372 g/mol. The topological polar surface area (TPSA) is 29.5 Å². The molecule has 4 aliphatic carbocycles. The van der Waals surface area contributed by atoms with Crippen molar-refractivity contribution in [2.75, 3.05) is 19.8 Å². The molecule has 0 bridgehead atoms. The highest BCUT2D eigenvalue weighted by atomic mass is 16.5. The maximum absolute atomic E-state index is 8.98. The summed E-state index contributed by atoms with van der Waals surface area (Å²) in [6, 6.07) is 0. The zero-order valence-electron chi connectivity index (χ0n) is 17.8. The first kappa shape index (κ1) is 22.3. The van der Waals surface area contributed by atoms with Crippen LogP contribution in [0.3, 0.4) is 0 Å². The highest BCUT2D eigenvalue weighted by Gasteiger charge is 2.48. The quantitative estimate of drug-likeness (QED) is 0.679. The van der Waals surface area contributed by atoms with Crippen LogP contribution >= 0.6 is 0 Å². The minimum atomic E-state index is 0.398. The summed E-state index contributed by atoms with van der Waals surface area (Å²) in [6.07, 6.45) is 10.7. The summed E-state index contributed by atoms with van der Waals surface area (Å²) in [6.45, 7) is 8.58. The third-order valence-electron chi connectivity index (χ3n) is 6.40. The Morgan fingerprint density at radius 3 is 1.41 bits per heavy atom. The van der Waals surface area contributed by atoms with Crippen LogP contribution in [0.5, 0.6) is 0 Å². The van der Waals surface area contributed by atoms with E-state index >= 15 is 0 Å². The summed E-state index contributed by atoms with van der Waals surface area (Å²) in [4.78, 5) is 0. The molecule has 0 radical (unpaired) electrons. The standard InChI is InChI=1S/C12H18O.C10H14O.C3H8/c1-2-13-9-12-10-7-5-3-4-6-8-11(10)12;11-7-10-8-5-3-1-2-4-6-9(8)10;1-3-2/h10-12H,2,5-9H2,1H3;8-11H,3-7H2;3H2,1-2H3/t10-,11+,12?;8-,9+,10?;. The van der Waals surface area contributed by atoms with Crippen molar-refractivity contribution in [1.29, 1.82) is 0 Å². The lowest BCUT2D eigenvalue weighted by Crippen LogP contribution is -1.98. The van der Waals surface area contributed by atoms with E-state index in [1.807, 2.05) is 0 Å². The Hall–Kier alpha value is -0.960. The molecule has 0 aliphatic heterocycles. The molecule has 0 spiro atoms.